The van der Waals surface area contributed by atoms with Crippen molar-refractivity contribution in [1.29, 1.82) is 0 Å². The number of hydrogen-bond acceptors (Lipinski definition) is 3. The molecular weight excluding hydrogens is 192 g/mol. The molecule has 0 aromatic carbocycles. The lowest BCUT2D eigenvalue weighted by Crippen LogP contribution is -2.21. The zero-order chi connectivity index (χ0) is 10.5. The van der Waals surface area contributed by atoms with Crippen LogP contribution in [-0.2, 0) is 14.3 Å². The summed E-state index contributed by atoms with van der Waals surface area (Å²) in [7, 11) is 0. The number of carbonyl (C=O) groups is 1. The van der Waals surface area contributed by atoms with Crippen LogP contribution in [-0.4, -0.2) is 25.3 Å². The lowest BCUT2D eigenvalue weighted by Gasteiger charge is -2.14. The normalized spacial score (nSPS) is 25.3. The van der Waals surface area contributed by atoms with Crippen molar-refractivity contribution in [3.05, 3.63) is 0 Å². The molecule has 0 amide bonds. The van der Waals surface area contributed by atoms with Gasteiger partial charge in [-0.25, -0.2) is 0 Å². The summed E-state index contributed by atoms with van der Waals surface area (Å²) >= 11 is 0. The van der Waals surface area contributed by atoms with Gasteiger partial charge in [0, 0.05) is 5.92 Å². The summed E-state index contributed by atoms with van der Waals surface area (Å²) < 4.78 is 10.6. The van der Waals surface area contributed by atoms with Gasteiger partial charge in [-0.3, -0.25) is 4.79 Å². The first kappa shape index (κ1) is 11.1. The van der Waals surface area contributed by atoms with E-state index in [2.05, 4.69) is 0 Å². The highest BCUT2D eigenvalue weighted by atomic mass is 16.7. The minimum absolute atomic E-state index is 0.249. The van der Waals surface area contributed by atoms with Gasteiger partial charge in [0.1, 0.15) is 5.78 Å². The van der Waals surface area contributed by atoms with Crippen LogP contribution in [0.1, 0.15) is 44.9 Å². The van der Waals surface area contributed by atoms with Crippen molar-refractivity contribution < 1.29 is 14.3 Å². The molecule has 1 saturated heterocycles. The van der Waals surface area contributed by atoms with Crippen LogP contribution in [0.3, 0.4) is 0 Å². The molecule has 0 aromatic heterocycles. The van der Waals surface area contributed by atoms with E-state index in [1.54, 1.807) is 0 Å². The Labute approximate surface area is 91.1 Å². The Balaban J connectivity index is 1.77. The maximum atomic E-state index is 11.9. The molecule has 0 unspecified atom stereocenters. The van der Waals surface area contributed by atoms with Gasteiger partial charge in [-0.1, -0.05) is 25.7 Å². The van der Waals surface area contributed by atoms with Crippen molar-refractivity contribution in [2.75, 3.05) is 13.2 Å². The topological polar surface area (TPSA) is 35.5 Å². The van der Waals surface area contributed by atoms with Crippen LogP contribution in [0, 0.1) is 5.92 Å². The van der Waals surface area contributed by atoms with Crippen LogP contribution in [0.2, 0.25) is 0 Å². The number of Topliss-reactive ketones (excluding diaryl/α,β-unsaturated/α-hetero) is 1. The van der Waals surface area contributed by atoms with E-state index in [1.165, 1.54) is 25.7 Å². The third kappa shape index (κ3) is 3.28. The molecule has 1 heterocycles. The molecule has 0 aromatic rings. The van der Waals surface area contributed by atoms with Gasteiger partial charge < -0.3 is 9.47 Å². The average molecular weight is 212 g/mol. The first-order valence-corrected chi connectivity index (χ1v) is 6.12. The van der Waals surface area contributed by atoms with Gasteiger partial charge in [0.05, 0.1) is 19.6 Å². The molecule has 3 nitrogen and oxygen atoms in total. The summed E-state index contributed by atoms with van der Waals surface area (Å²) in [5, 5.41) is 0. The van der Waals surface area contributed by atoms with Crippen molar-refractivity contribution in [1.82, 2.24) is 0 Å². The molecule has 1 aliphatic heterocycles. The van der Waals surface area contributed by atoms with Gasteiger partial charge in [-0.05, 0) is 12.8 Å². The van der Waals surface area contributed by atoms with E-state index >= 15 is 0 Å². The maximum Gasteiger partial charge on any atom is 0.164 e. The number of carbonyl (C=O) groups excluding carboxylic acids is 1. The van der Waals surface area contributed by atoms with E-state index in [0.29, 0.717) is 25.4 Å². The molecule has 15 heavy (non-hydrogen) atoms. The highest BCUT2D eigenvalue weighted by molar-refractivity contribution is 5.81. The fraction of sp³-hybridized carbons (Fsp3) is 0.917. The van der Waals surface area contributed by atoms with Crippen LogP contribution in [0.5, 0.6) is 0 Å². The second-order valence-electron chi connectivity index (χ2n) is 4.53. The van der Waals surface area contributed by atoms with Crippen LogP contribution >= 0.6 is 0 Å². The Morgan fingerprint density at radius 3 is 2.20 bits per heavy atom. The Bertz CT molecular complexity index is 201. The molecule has 2 fully saturated rings. The molecule has 0 bridgehead atoms. The standard InChI is InChI=1S/C12H20O3/c13-11(9-12-14-7-8-15-12)10-5-3-1-2-4-6-10/h10,12H,1-9H2. The molecule has 0 radical (unpaired) electrons. The molecule has 0 atom stereocenters. The van der Waals surface area contributed by atoms with Crippen LogP contribution in [0.25, 0.3) is 0 Å². The number of hydrogen-bond donors (Lipinski definition) is 0. The second-order valence-corrected chi connectivity index (χ2v) is 4.53. The third-order valence-electron chi connectivity index (χ3n) is 3.37. The zero-order valence-electron chi connectivity index (χ0n) is 9.24. The summed E-state index contributed by atoms with van der Waals surface area (Å²) in [6.07, 6.45) is 7.37. The predicted molar refractivity (Wildman–Crippen MR) is 56.5 cm³/mol. The molecule has 0 spiro atoms. The molecule has 1 saturated carbocycles. The Hall–Kier alpha value is -0.410. The van der Waals surface area contributed by atoms with Crippen LogP contribution in [0.4, 0.5) is 0 Å². The first-order valence-electron chi connectivity index (χ1n) is 6.12. The lowest BCUT2D eigenvalue weighted by atomic mass is 9.93. The van der Waals surface area contributed by atoms with E-state index in [4.69, 9.17) is 9.47 Å². The molecular formula is C12H20O3. The van der Waals surface area contributed by atoms with Gasteiger partial charge in [-0.15, -0.1) is 0 Å². The highest BCUT2D eigenvalue weighted by Gasteiger charge is 2.25. The summed E-state index contributed by atoms with van der Waals surface area (Å²) in [5.74, 6) is 0.629. The number of rotatable bonds is 3. The van der Waals surface area contributed by atoms with Crippen molar-refractivity contribution in [3.63, 3.8) is 0 Å². The Kier molecular flexibility index (Phi) is 4.15. The number of ether oxygens (including phenoxy) is 2. The van der Waals surface area contributed by atoms with E-state index in [9.17, 15) is 4.79 Å². The minimum Gasteiger partial charge on any atom is -0.350 e. The van der Waals surface area contributed by atoms with E-state index in [1.807, 2.05) is 0 Å². The fourth-order valence-electron chi connectivity index (χ4n) is 2.46. The fourth-order valence-corrected chi connectivity index (χ4v) is 2.46. The van der Waals surface area contributed by atoms with E-state index in [-0.39, 0.29) is 12.2 Å². The minimum atomic E-state index is -0.249. The molecule has 1 aliphatic carbocycles. The molecule has 0 N–H and O–H groups in total. The smallest absolute Gasteiger partial charge is 0.164 e. The molecule has 2 aliphatic rings. The molecule has 86 valence electrons. The summed E-state index contributed by atoms with van der Waals surface area (Å²) in [6, 6.07) is 0. The third-order valence-corrected chi connectivity index (χ3v) is 3.37. The second kappa shape index (κ2) is 5.61. The first-order chi connectivity index (χ1) is 7.36. The lowest BCUT2D eigenvalue weighted by molar-refractivity contribution is -0.131. The van der Waals surface area contributed by atoms with Crippen LogP contribution < -0.4 is 0 Å². The summed E-state index contributed by atoms with van der Waals surface area (Å²) in [4.78, 5) is 11.9. The largest absolute Gasteiger partial charge is 0.350 e. The predicted octanol–water partition coefficient (Wildman–Crippen LogP) is 2.29. The monoisotopic (exact) mass is 212 g/mol. The van der Waals surface area contributed by atoms with Crippen molar-refractivity contribution in [3.8, 4) is 0 Å². The van der Waals surface area contributed by atoms with Crippen molar-refractivity contribution in [2.45, 2.75) is 51.2 Å². The van der Waals surface area contributed by atoms with Gasteiger partial charge in [0.25, 0.3) is 0 Å². The summed E-state index contributed by atoms with van der Waals surface area (Å²) in [6.45, 7) is 1.28. The quantitative estimate of drug-likeness (QED) is 0.673. The average Bonchev–Trinajstić information content (AvgIpc) is 2.58. The zero-order valence-corrected chi connectivity index (χ0v) is 9.24. The summed E-state index contributed by atoms with van der Waals surface area (Å²) in [5.41, 5.74) is 0. The van der Waals surface area contributed by atoms with Gasteiger partial charge >= 0.3 is 0 Å². The van der Waals surface area contributed by atoms with Crippen molar-refractivity contribution in [2.24, 2.45) is 5.92 Å². The van der Waals surface area contributed by atoms with Gasteiger partial charge in [0.15, 0.2) is 6.29 Å². The van der Waals surface area contributed by atoms with Gasteiger partial charge in [0.2, 0.25) is 0 Å². The van der Waals surface area contributed by atoms with E-state index < -0.39 is 0 Å². The Morgan fingerprint density at radius 1 is 1.00 bits per heavy atom. The maximum absolute atomic E-state index is 11.9. The molecule has 2 rings (SSSR count). The van der Waals surface area contributed by atoms with Crippen molar-refractivity contribution >= 4 is 5.78 Å². The van der Waals surface area contributed by atoms with E-state index in [0.717, 1.165) is 12.8 Å². The Morgan fingerprint density at radius 2 is 1.60 bits per heavy atom. The van der Waals surface area contributed by atoms with Crippen LogP contribution in [0.15, 0.2) is 0 Å². The molecule has 3 heteroatoms. The number of ketones is 1. The SMILES string of the molecule is O=C(CC1OCCO1)C1CCCCCC1. The van der Waals surface area contributed by atoms with Gasteiger partial charge in [-0.2, -0.15) is 0 Å². The highest BCUT2D eigenvalue weighted by Crippen LogP contribution is 2.25.